The van der Waals surface area contributed by atoms with Gasteiger partial charge >= 0.3 is 0 Å². The fraction of sp³-hybridized carbons (Fsp3) is 0.222. The molecular formula is C18H18N2O3. The molecule has 5 heteroatoms. The van der Waals surface area contributed by atoms with E-state index in [2.05, 4.69) is 10.5 Å². The SMILES string of the molecule is COc1cc(C)cc(C(=O)C2=NNC[C@H]2c2ccccc2)c1O. The monoisotopic (exact) mass is 310 g/mol. The van der Waals surface area contributed by atoms with E-state index in [0.717, 1.165) is 11.1 Å². The van der Waals surface area contributed by atoms with Crippen molar-refractivity contribution in [1.29, 1.82) is 0 Å². The Hall–Kier alpha value is -2.82. The third-order valence-electron chi connectivity index (χ3n) is 3.94. The van der Waals surface area contributed by atoms with Gasteiger partial charge in [0.25, 0.3) is 0 Å². The number of phenolic OH excluding ortho intramolecular Hbond substituents is 1. The Balaban J connectivity index is 1.99. The van der Waals surface area contributed by atoms with Crippen LogP contribution in [0.2, 0.25) is 0 Å². The van der Waals surface area contributed by atoms with Gasteiger partial charge in [-0.05, 0) is 30.2 Å². The molecule has 1 atom stereocenters. The van der Waals surface area contributed by atoms with Crippen LogP contribution in [0.3, 0.4) is 0 Å². The average molecular weight is 310 g/mol. The number of hydrogen-bond acceptors (Lipinski definition) is 5. The molecule has 3 rings (SSSR count). The van der Waals surface area contributed by atoms with E-state index >= 15 is 0 Å². The van der Waals surface area contributed by atoms with Gasteiger partial charge in [-0.3, -0.25) is 4.79 Å². The van der Waals surface area contributed by atoms with Gasteiger partial charge in [-0.15, -0.1) is 0 Å². The summed E-state index contributed by atoms with van der Waals surface area (Å²) >= 11 is 0. The van der Waals surface area contributed by atoms with Crippen molar-refractivity contribution in [3.8, 4) is 11.5 Å². The van der Waals surface area contributed by atoms with E-state index in [1.165, 1.54) is 7.11 Å². The molecule has 23 heavy (non-hydrogen) atoms. The second-order valence-electron chi connectivity index (χ2n) is 5.52. The quantitative estimate of drug-likeness (QED) is 0.852. The smallest absolute Gasteiger partial charge is 0.213 e. The van der Waals surface area contributed by atoms with Crippen molar-refractivity contribution in [3.63, 3.8) is 0 Å². The second-order valence-corrected chi connectivity index (χ2v) is 5.52. The molecule has 0 unspecified atom stereocenters. The Morgan fingerprint density at radius 1 is 1.30 bits per heavy atom. The van der Waals surface area contributed by atoms with E-state index in [0.29, 0.717) is 12.3 Å². The van der Waals surface area contributed by atoms with Crippen LogP contribution >= 0.6 is 0 Å². The zero-order valence-corrected chi connectivity index (χ0v) is 13.0. The average Bonchev–Trinajstić information content (AvgIpc) is 3.06. The fourth-order valence-corrected chi connectivity index (χ4v) is 2.78. The number of hydrazone groups is 1. The minimum absolute atomic E-state index is 0.130. The topological polar surface area (TPSA) is 70.9 Å². The molecule has 0 fully saturated rings. The number of aromatic hydroxyl groups is 1. The summed E-state index contributed by atoms with van der Waals surface area (Å²) in [6, 6.07) is 13.1. The summed E-state index contributed by atoms with van der Waals surface area (Å²) in [5.74, 6) is -0.279. The Kier molecular flexibility index (Phi) is 4.02. The highest BCUT2D eigenvalue weighted by Crippen LogP contribution is 2.33. The van der Waals surface area contributed by atoms with Crippen LogP contribution in [0.5, 0.6) is 11.5 Å². The van der Waals surface area contributed by atoms with Crippen molar-refractivity contribution in [2.45, 2.75) is 12.8 Å². The number of nitrogens with one attached hydrogen (secondary N) is 1. The third-order valence-corrected chi connectivity index (χ3v) is 3.94. The molecule has 0 radical (unpaired) electrons. The van der Waals surface area contributed by atoms with Crippen molar-refractivity contribution >= 4 is 11.5 Å². The lowest BCUT2D eigenvalue weighted by atomic mass is 9.89. The normalized spacial score (nSPS) is 16.6. The van der Waals surface area contributed by atoms with Crippen molar-refractivity contribution in [2.75, 3.05) is 13.7 Å². The predicted octanol–water partition coefficient (Wildman–Crippen LogP) is 2.63. The zero-order chi connectivity index (χ0) is 16.4. The molecule has 118 valence electrons. The Morgan fingerprint density at radius 2 is 2.04 bits per heavy atom. The molecule has 0 aliphatic carbocycles. The molecule has 2 N–H and O–H groups in total. The number of carbonyl (C=O) groups is 1. The summed E-state index contributed by atoms with van der Waals surface area (Å²) in [5, 5.41) is 14.4. The maximum Gasteiger partial charge on any atom is 0.213 e. The van der Waals surface area contributed by atoms with E-state index in [1.807, 2.05) is 37.3 Å². The second kappa shape index (κ2) is 6.12. The first kappa shape index (κ1) is 15.1. The summed E-state index contributed by atoms with van der Waals surface area (Å²) in [6.45, 7) is 2.41. The zero-order valence-electron chi connectivity index (χ0n) is 13.0. The number of rotatable bonds is 4. The molecule has 1 heterocycles. The van der Waals surface area contributed by atoms with E-state index < -0.39 is 0 Å². The molecule has 0 spiro atoms. The van der Waals surface area contributed by atoms with Crippen LogP contribution < -0.4 is 10.2 Å². The van der Waals surface area contributed by atoms with Crippen molar-refractivity contribution in [2.24, 2.45) is 5.10 Å². The van der Waals surface area contributed by atoms with Crippen molar-refractivity contribution in [1.82, 2.24) is 5.43 Å². The van der Waals surface area contributed by atoms with Gasteiger partial charge in [0, 0.05) is 6.54 Å². The number of methoxy groups -OCH3 is 1. The standard InChI is InChI=1S/C18H18N2O3/c1-11-8-13(17(21)15(9-11)23-2)18(22)16-14(10-19-20-16)12-6-4-3-5-7-12/h3-9,14,19,21H,10H2,1-2H3/t14-/m0/s1. The number of ether oxygens (including phenoxy) is 1. The third kappa shape index (κ3) is 2.77. The van der Waals surface area contributed by atoms with Gasteiger partial charge in [0.1, 0.15) is 5.71 Å². The number of ketones is 1. The number of benzene rings is 2. The van der Waals surface area contributed by atoms with Gasteiger partial charge in [-0.1, -0.05) is 30.3 Å². The summed E-state index contributed by atoms with van der Waals surface area (Å²) in [4.78, 5) is 12.9. The Morgan fingerprint density at radius 3 is 2.74 bits per heavy atom. The van der Waals surface area contributed by atoms with E-state index in [4.69, 9.17) is 4.74 Å². The first-order chi connectivity index (χ1) is 11.1. The first-order valence-electron chi connectivity index (χ1n) is 7.39. The lowest BCUT2D eigenvalue weighted by Crippen LogP contribution is -2.22. The van der Waals surface area contributed by atoms with Crippen LogP contribution in [0, 0.1) is 6.92 Å². The number of aryl methyl sites for hydroxylation is 1. The van der Waals surface area contributed by atoms with Gasteiger partial charge in [-0.25, -0.2) is 0 Å². The lowest BCUT2D eigenvalue weighted by Gasteiger charge is -2.14. The highest BCUT2D eigenvalue weighted by atomic mass is 16.5. The number of carbonyl (C=O) groups excluding carboxylic acids is 1. The lowest BCUT2D eigenvalue weighted by molar-refractivity contribution is 0.106. The Bertz CT molecular complexity index is 769. The Labute approximate surface area is 134 Å². The van der Waals surface area contributed by atoms with E-state index in [1.54, 1.807) is 12.1 Å². The fourth-order valence-electron chi connectivity index (χ4n) is 2.78. The number of nitrogens with zero attached hydrogens (tertiary/aromatic N) is 1. The van der Waals surface area contributed by atoms with E-state index in [9.17, 15) is 9.90 Å². The molecule has 0 saturated heterocycles. The maximum absolute atomic E-state index is 12.9. The van der Waals surface area contributed by atoms with Gasteiger partial charge in [0.2, 0.25) is 5.78 Å². The van der Waals surface area contributed by atoms with Crippen LogP contribution in [0.1, 0.15) is 27.4 Å². The largest absolute Gasteiger partial charge is 0.504 e. The maximum atomic E-state index is 12.9. The van der Waals surface area contributed by atoms with Gasteiger partial charge in [0.05, 0.1) is 18.6 Å². The summed E-state index contributed by atoms with van der Waals surface area (Å²) in [6.07, 6.45) is 0. The minimum Gasteiger partial charge on any atom is -0.504 e. The summed E-state index contributed by atoms with van der Waals surface area (Å²) in [5.41, 5.74) is 5.36. The van der Waals surface area contributed by atoms with Gasteiger partial charge < -0.3 is 15.3 Å². The molecule has 0 amide bonds. The number of hydrogen-bond donors (Lipinski definition) is 2. The van der Waals surface area contributed by atoms with E-state index in [-0.39, 0.29) is 28.8 Å². The molecule has 1 aliphatic rings. The molecule has 1 aliphatic heterocycles. The van der Waals surface area contributed by atoms with Crippen LogP contribution in [-0.2, 0) is 0 Å². The predicted molar refractivity (Wildman–Crippen MR) is 88.3 cm³/mol. The van der Waals surface area contributed by atoms with Crippen molar-refractivity contribution < 1.29 is 14.6 Å². The molecular weight excluding hydrogens is 292 g/mol. The molecule has 0 aromatic heterocycles. The number of Topliss-reactive ketones (excluding diaryl/α,β-unsaturated/α-hetero) is 1. The van der Waals surface area contributed by atoms with Gasteiger partial charge in [0.15, 0.2) is 11.5 Å². The van der Waals surface area contributed by atoms with Crippen LogP contribution in [0.4, 0.5) is 0 Å². The molecule has 2 aromatic carbocycles. The van der Waals surface area contributed by atoms with Crippen LogP contribution in [0.25, 0.3) is 0 Å². The molecule has 0 bridgehead atoms. The van der Waals surface area contributed by atoms with Crippen molar-refractivity contribution in [3.05, 3.63) is 59.2 Å². The minimum atomic E-state index is -0.289. The first-order valence-corrected chi connectivity index (χ1v) is 7.39. The van der Waals surface area contributed by atoms with Crippen LogP contribution in [0.15, 0.2) is 47.6 Å². The molecule has 0 saturated carbocycles. The van der Waals surface area contributed by atoms with Crippen LogP contribution in [-0.4, -0.2) is 30.3 Å². The summed E-state index contributed by atoms with van der Waals surface area (Å²) in [7, 11) is 1.46. The molecule has 2 aromatic rings. The number of phenols is 1. The highest BCUT2D eigenvalue weighted by Gasteiger charge is 2.31. The summed E-state index contributed by atoms with van der Waals surface area (Å²) < 4.78 is 5.13. The highest BCUT2D eigenvalue weighted by molar-refractivity contribution is 6.48. The van der Waals surface area contributed by atoms with Gasteiger partial charge in [-0.2, -0.15) is 5.10 Å². The molecule has 5 nitrogen and oxygen atoms in total.